The van der Waals surface area contributed by atoms with Crippen molar-refractivity contribution < 1.29 is 14.2 Å². The van der Waals surface area contributed by atoms with E-state index in [1.165, 1.54) is 17.0 Å². The lowest BCUT2D eigenvalue weighted by Crippen LogP contribution is -2.36. The summed E-state index contributed by atoms with van der Waals surface area (Å²) in [6, 6.07) is 14.0. The predicted molar refractivity (Wildman–Crippen MR) is 139 cm³/mol. The molecule has 2 aromatic carbocycles. The van der Waals surface area contributed by atoms with Crippen molar-refractivity contribution in [1.29, 1.82) is 5.41 Å². The highest BCUT2D eigenvalue weighted by molar-refractivity contribution is 8.93. The lowest BCUT2D eigenvalue weighted by molar-refractivity contribution is 0.122. The van der Waals surface area contributed by atoms with Gasteiger partial charge in [-0.3, -0.25) is 5.41 Å². The molecule has 0 amide bonds. The fraction of sp³-hybridized carbons (Fsp3) is 0.304. The molecule has 33 heavy (non-hydrogen) atoms. The average molecular weight is 534 g/mol. The van der Waals surface area contributed by atoms with Crippen LogP contribution in [0.5, 0.6) is 11.5 Å². The number of thiazole rings is 1. The number of anilines is 2. The van der Waals surface area contributed by atoms with Gasteiger partial charge in [-0.25, -0.2) is 4.98 Å². The molecule has 1 aliphatic rings. The summed E-state index contributed by atoms with van der Waals surface area (Å²) in [4.78, 5) is 6.95. The first kappa shape index (κ1) is 24.8. The van der Waals surface area contributed by atoms with E-state index in [2.05, 4.69) is 44.8 Å². The summed E-state index contributed by atoms with van der Waals surface area (Å²) in [6.45, 7) is 3.76. The van der Waals surface area contributed by atoms with Gasteiger partial charge in [-0.1, -0.05) is 18.2 Å². The Morgan fingerprint density at radius 1 is 1.09 bits per heavy atom. The van der Waals surface area contributed by atoms with Crippen LogP contribution in [0.2, 0.25) is 0 Å². The normalized spacial score (nSPS) is 13.1. The van der Waals surface area contributed by atoms with Crippen molar-refractivity contribution >= 4 is 45.1 Å². The number of aromatic nitrogens is 1. The van der Waals surface area contributed by atoms with E-state index in [9.17, 15) is 0 Å². The quantitative estimate of drug-likeness (QED) is 0.306. The second kappa shape index (κ2) is 11.9. The molecule has 3 N–H and O–H groups in total. The highest BCUT2D eigenvalue weighted by Gasteiger charge is 2.13. The van der Waals surface area contributed by atoms with Crippen molar-refractivity contribution in [3.63, 3.8) is 0 Å². The van der Waals surface area contributed by atoms with Gasteiger partial charge in [0.15, 0.2) is 11.1 Å². The first-order valence-corrected chi connectivity index (χ1v) is 11.2. The highest BCUT2D eigenvalue weighted by Crippen LogP contribution is 2.29. The number of ether oxygens (including phenoxy) is 3. The summed E-state index contributed by atoms with van der Waals surface area (Å²) < 4.78 is 16.2. The predicted octanol–water partition coefficient (Wildman–Crippen LogP) is 4.38. The molecule has 0 aliphatic carbocycles. The van der Waals surface area contributed by atoms with Crippen LogP contribution in [0, 0.1) is 5.41 Å². The van der Waals surface area contributed by atoms with Gasteiger partial charge in [0.05, 0.1) is 45.2 Å². The van der Waals surface area contributed by atoms with Crippen LogP contribution in [0.25, 0.3) is 11.3 Å². The molecule has 0 unspecified atom stereocenters. The smallest absolute Gasteiger partial charge is 0.195 e. The molecule has 0 bridgehead atoms. The zero-order valence-electron chi connectivity index (χ0n) is 18.6. The SMILES string of the molecule is Br.COc1cccc(OC)c1CNC(=N)Nc1nc(-c2ccc(N3CCOCC3)cc2)cs1. The molecule has 0 radical (unpaired) electrons. The van der Waals surface area contributed by atoms with Gasteiger partial charge >= 0.3 is 0 Å². The van der Waals surface area contributed by atoms with Crippen molar-refractivity contribution in [2.45, 2.75) is 6.54 Å². The van der Waals surface area contributed by atoms with Crippen LogP contribution in [-0.4, -0.2) is 51.5 Å². The summed E-state index contributed by atoms with van der Waals surface area (Å²) in [5.41, 5.74) is 3.97. The van der Waals surface area contributed by atoms with E-state index in [1.54, 1.807) is 14.2 Å². The number of halogens is 1. The van der Waals surface area contributed by atoms with E-state index in [0.29, 0.717) is 23.2 Å². The zero-order valence-corrected chi connectivity index (χ0v) is 21.1. The number of nitrogens with zero attached hydrogens (tertiary/aromatic N) is 2. The van der Waals surface area contributed by atoms with Crippen molar-refractivity contribution in [2.24, 2.45) is 0 Å². The summed E-state index contributed by atoms with van der Waals surface area (Å²) >= 11 is 1.46. The standard InChI is InChI=1S/C23H27N5O3S.BrH/c1-29-20-4-3-5-21(30-2)18(20)14-25-22(24)27-23-26-19(15-32-23)16-6-8-17(9-7-16)28-10-12-31-13-11-28;/h3-9,15H,10-14H2,1-2H3,(H3,24,25,26,27);1H. The molecule has 10 heteroatoms. The van der Waals surface area contributed by atoms with E-state index in [0.717, 1.165) is 43.1 Å². The van der Waals surface area contributed by atoms with E-state index >= 15 is 0 Å². The lowest BCUT2D eigenvalue weighted by atomic mass is 10.1. The van der Waals surface area contributed by atoms with E-state index < -0.39 is 0 Å². The number of hydrogen-bond acceptors (Lipinski definition) is 7. The van der Waals surface area contributed by atoms with E-state index in [4.69, 9.17) is 19.6 Å². The molecular formula is C23H28BrN5O3S. The van der Waals surface area contributed by atoms with Crippen LogP contribution in [0.1, 0.15) is 5.56 Å². The fourth-order valence-electron chi connectivity index (χ4n) is 3.56. The number of benzene rings is 2. The molecular weight excluding hydrogens is 506 g/mol. The molecule has 176 valence electrons. The van der Waals surface area contributed by atoms with Crippen molar-refractivity contribution in [2.75, 3.05) is 50.7 Å². The van der Waals surface area contributed by atoms with Gasteiger partial charge in [-0.15, -0.1) is 28.3 Å². The van der Waals surface area contributed by atoms with E-state index in [-0.39, 0.29) is 22.9 Å². The first-order valence-electron chi connectivity index (χ1n) is 10.4. The summed E-state index contributed by atoms with van der Waals surface area (Å²) in [6.07, 6.45) is 0. The van der Waals surface area contributed by atoms with Gasteiger partial charge in [-0.2, -0.15) is 0 Å². The molecule has 1 fully saturated rings. The number of guanidine groups is 1. The molecule has 4 rings (SSSR count). The fourth-order valence-corrected chi connectivity index (χ4v) is 4.28. The van der Waals surface area contributed by atoms with Gasteiger partial charge in [0.1, 0.15) is 11.5 Å². The maximum atomic E-state index is 8.23. The molecule has 3 aromatic rings. The monoisotopic (exact) mass is 533 g/mol. The number of methoxy groups -OCH3 is 2. The highest BCUT2D eigenvalue weighted by atomic mass is 79.9. The Morgan fingerprint density at radius 3 is 2.39 bits per heavy atom. The summed E-state index contributed by atoms with van der Waals surface area (Å²) in [5.74, 6) is 1.57. The van der Waals surface area contributed by atoms with Crippen LogP contribution in [0.4, 0.5) is 10.8 Å². The minimum Gasteiger partial charge on any atom is -0.496 e. The Bertz CT molecular complexity index is 1030. The Kier molecular flexibility index (Phi) is 8.93. The topological polar surface area (TPSA) is 91.7 Å². The Hall–Kier alpha value is -2.82. The Morgan fingerprint density at radius 2 is 1.76 bits per heavy atom. The molecule has 1 aliphatic heterocycles. The number of rotatable bonds is 7. The number of morpholine rings is 1. The van der Waals surface area contributed by atoms with Gasteiger partial charge in [-0.05, 0) is 24.3 Å². The largest absolute Gasteiger partial charge is 0.496 e. The molecule has 1 saturated heterocycles. The van der Waals surface area contributed by atoms with Crippen LogP contribution in [0.15, 0.2) is 47.8 Å². The average Bonchev–Trinajstić information content (AvgIpc) is 3.31. The third-order valence-corrected chi connectivity index (χ3v) is 6.00. The van der Waals surface area contributed by atoms with Crippen molar-refractivity contribution in [1.82, 2.24) is 10.3 Å². The minimum atomic E-state index is 0. The molecule has 1 aromatic heterocycles. The van der Waals surface area contributed by atoms with Gasteiger partial charge in [0.25, 0.3) is 0 Å². The third kappa shape index (κ3) is 6.16. The second-order valence-corrected chi connectivity index (χ2v) is 8.04. The number of nitrogens with one attached hydrogen (secondary N) is 3. The van der Waals surface area contributed by atoms with Crippen LogP contribution < -0.4 is 25.0 Å². The third-order valence-electron chi connectivity index (χ3n) is 5.25. The summed E-state index contributed by atoms with van der Waals surface area (Å²) in [7, 11) is 3.23. The minimum absolute atomic E-state index is 0. The lowest BCUT2D eigenvalue weighted by Gasteiger charge is -2.28. The van der Waals surface area contributed by atoms with Gasteiger partial charge in [0.2, 0.25) is 0 Å². The molecule has 0 spiro atoms. The molecule has 2 heterocycles. The van der Waals surface area contributed by atoms with Crippen LogP contribution >= 0.6 is 28.3 Å². The van der Waals surface area contributed by atoms with Crippen molar-refractivity contribution in [3.05, 3.63) is 53.4 Å². The molecule has 0 saturated carbocycles. The zero-order chi connectivity index (χ0) is 22.3. The Balaban J connectivity index is 0.00000306. The van der Waals surface area contributed by atoms with Gasteiger partial charge in [0, 0.05) is 29.7 Å². The van der Waals surface area contributed by atoms with Crippen molar-refractivity contribution in [3.8, 4) is 22.8 Å². The van der Waals surface area contributed by atoms with Crippen LogP contribution in [0.3, 0.4) is 0 Å². The van der Waals surface area contributed by atoms with Gasteiger partial charge < -0.3 is 29.7 Å². The maximum absolute atomic E-state index is 8.23. The first-order chi connectivity index (χ1) is 15.7. The Labute approximate surface area is 208 Å². The number of hydrogen-bond donors (Lipinski definition) is 3. The second-order valence-electron chi connectivity index (χ2n) is 7.18. The van der Waals surface area contributed by atoms with Crippen LogP contribution in [-0.2, 0) is 11.3 Å². The maximum Gasteiger partial charge on any atom is 0.195 e. The molecule has 0 atom stereocenters. The molecule has 8 nitrogen and oxygen atoms in total. The summed E-state index contributed by atoms with van der Waals surface area (Å²) in [5, 5.41) is 16.9. The van der Waals surface area contributed by atoms with E-state index in [1.807, 2.05) is 23.6 Å².